The third kappa shape index (κ3) is 4.09. The molecule has 0 unspecified atom stereocenters. The molecule has 1 aromatic heterocycles. The van der Waals surface area contributed by atoms with E-state index in [0.717, 1.165) is 38.8 Å². The molecule has 0 bridgehead atoms. The minimum Gasteiger partial charge on any atom is -0.376 e. The first-order chi connectivity index (χ1) is 11.1. The van der Waals surface area contributed by atoms with Gasteiger partial charge < -0.3 is 18.9 Å². The maximum atomic E-state index is 12.6. The summed E-state index contributed by atoms with van der Waals surface area (Å²) >= 11 is 0. The molecule has 7 heteroatoms. The van der Waals surface area contributed by atoms with Gasteiger partial charge in [-0.2, -0.15) is 4.98 Å². The number of hydrogen-bond donors (Lipinski definition) is 0. The van der Waals surface area contributed by atoms with E-state index >= 15 is 0 Å². The van der Waals surface area contributed by atoms with Gasteiger partial charge in [0.2, 0.25) is 5.89 Å². The van der Waals surface area contributed by atoms with E-state index in [1.54, 1.807) is 6.92 Å². The van der Waals surface area contributed by atoms with E-state index in [9.17, 15) is 4.79 Å². The Morgan fingerprint density at radius 1 is 1.43 bits per heavy atom. The number of carbonyl (C=O) groups is 1. The standard InChI is InChI=1S/C16H25N3O4/c1-11(22-10-14-6-4-8-21-14)16(20)19-7-3-5-13(9-19)15-17-12(2)23-18-15/h11,13-14H,3-10H2,1-2H3/t11-,13+,14-/m0/s1. The summed E-state index contributed by atoms with van der Waals surface area (Å²) in [6, 6.07) is 0. The zero-order chi connectivity index (χ0) is 16.2. The van der Waals surface area contributed by atoms with Gasteiger partial charge in [0, 0.05) is 32.5 Å². The molecule has 0 spiro atoms. The van der Waals surface area contributed by atoms with Crippen molar-refractivity contribution in [2.24, 2.45) is 0 Å². The van der Waals surface area contributed by atoms with Gasteiger partial charge in [-0.25, -0.2) is 0 Å². The fourth-order valence-corrected chi connectivity index (χ4v) is 3.22. The Bertz CT molecular complexity index is 527. The minimum absolute atomic E-state index is 0.0351. The average Bonchev–Trinajstić information content (AvgIpc) is 3.23. The molecule has 0 radical (unpaired) electrons. The maximum absolute atomic E-state index is 12.6. The highest BCUT2D eigenvalue weighted by atomic mass is 16.5. The zero-order valence-electron chi connectivity index (χ0n) is 13.9. The molecule has 3 rings (SSSR count). The number of hydrogen-bond acceptors (Lipinski definition) is 6. The number of piperidine rings is 1. The molecule has 0 N–H and O–H groups in total. The first kappa shape index (κ1) is 16.4. The molecule has 0 aromatic carbocycles. The van der Waals surface area contributed by atoms with Gasteiger partial charge in [-0.1, -0.05) is 5.16 Å². The summed E-state index contributed by atoms with van der Waals surface area (Å²) in [6.07, 6.45) is 3.72. The summed E-state index contributed by atoms with van der Waals surface area (Å²) < 4.78 is 16.3. The Morgan fingerprint density at radius 2 is 2.30 bits per heavy atom. The van der Waals surface area contributed by atoms with E-state index in [-0.39, 0.29) is 17.9 Å². The van der Waals surface area contributed by atoms with Crippen LogP contribution in [0.5, 0.6) is 0 Å². The van der Waals surface area contributed by atoms with Crippen molar-refractivity contribution < 1.29 is 18.8 Å². The summed E-state index contributed by atoms with van der Waals surface area (Å²) in [5.41, 5.74) is 0. The van der Waals surface area contributed by atoms with Crippen molar-refractivity contribution >= 4 is 5.91 Å². The topological polar surface area (TPSA) is 77.7 Å². The third-order valence-electron chi connectivity index (χ3n) is 4.55. The molecule has 2 saturated heterocycles. The lowest BCUT2D eigenvalue weighted by Gasteiger charge is -2.33. The lowest BCUT2D eigenvalue weighted by atomic mass is 9.97. The van der Waals surface area contributed by atoms with Crippen molar-refractivity contribution in [3.05, 3.63) is 11.7 Å². The quantitative estimate of drug-likeness (QED) is 0.820. The number of amides is 1. The smallest absolute Gasteiger partial charge is 0.251 e. The van der Waals surface area contributed by atoms with Gasteiger partial charge in [0.25, 0.3) is 5.91 Å². The van der Waals surface area contributed by atoms with Crippen molar-refractivity contribution in [3.63, 3.8) is 0 Å². The van der Waals surface area contributed by atoms with Crippen LogP contribution in [0.15, 0.2) is 4.52 Å². The monoisotopic (exact) mass is 323 g/mol. The lowest BCUT2D eigenvalue weighted by Crippen LogP contribution is -2.45. The average molecular weight is 323 g/mol. The molecular formula is C16H25N3O4. The zero-order valence-corrected chi connectivity index (χ0v) is 13.9. The summed E-state index contributed by atoms with van der Waals surface area (Å²) in [6.45, 7) is 6.29. The van der Waals surface area contributed by atoms with Crippen LogP contribution in [0.2, 0.25) is 0 Å². The number of nitrogens with zero attached hydrogens (tertiary/aromatic N) is 3. The van der Waals surface area contributed by atoms with Crippen LogP contribution in [0.4, 0.5) is 0 Å². The van der Waals surface area contributed by atoms with Gasteiger partial charge in [0.05, 0.1) is 12.7 Å². The molecule has 7 nitrogen and oxygen atoms in total. The summed E-state index contributed by atoms with van der Waals surface area (Å²) in [5.74, 6) is 1.45. The molecule has 2 aliphatic heterocycles. The molecule has 23 heavy (non-hydrogen) atoms. The van der Waals surface area contributed by atoms with Gasteiger partial charge in [-0.15, -0.1) is 0 Å². The van der Waals surface area contributed by atoms with Crippen LogP contribution in [-0.4, -0.2) is 59.5 Å². The van der Waals surface area contributed by atoms with Gasteiger partial charge in [0.15, 0.2) is 5.82 Å². The molecule has 0 aliphatic carbocycles. The predicted octanol–water partition coefficient (Wildman–Crippen LogP) is 1.67. The van der Waals surface area contributed by atoms with E-state index < -0.39 is 6.10 Å². The molecular weight excluding hydrogens is 298 g/mol. The first-order valence-corrected chi connectivity index (χ1v) is 8.45. The van der Waals surface area contributed by atoms with Gasteiger partial charge >= 0.3 is 0 Å². The van der Waals surface area contributed by atoms with E-state index in [1.807, 2.05) is 11.8 Å². The fourth-order valence-electron chi connectivity index (χ4n) is 3.22. The van der Waals surface area contributed by atoms with Crippen LogP contribution >= 0.6 is 0 Å². The first-order valence-electron chi connectivity index (χ1n) is 8.45. The van der Waals surface area contributed by atoms with Gasteiger partial charge in [-0.05, 0) is 32.6 Å². The largest absolute Gasteiger partial charge is 0.376 e. The summed E-state index contributed by atoms with van der Waals surface area (Å²) in [7, 11) is 0. The Balaban J connectivity index is 1.51. The highest BCUT2D eigenvalue weighted by molar-refractivity contribution is 5.80. The Morgan fingerprint density at radius 3 is 3.00 bits per heavy atom. The number of aromatic nitrogens is 2. The van der Waals surface area contributed by atoms with Gasteiger partial charge in [0.1, 0.15) is 6.10 Å². The van der Waals surface area contributed by atoms with E-state index in [2.05, 4.69) is 10.1 Å². The van der Waals surface area contributed by atoms with E-state index in [0.29, 0.717) is 24.9 Å². The number of rotatable bonds is 5. The SMILES string of the molecule is Cc1nc([C@@H]2CCCN(C(=O)[C@H](C)OC[C@@H]3CCCO3)C2)no1. The second-order valence-electron chi connectivity index (χ2n) is 6.41. The van der Waals surface area contributed by atoms with Crippen LogP contribution in [0.1, 0.15) is 50.2 Å². The number of carbonyl (C=O) groups excluding carboxylic acids is 1. The lowest BCUT2D eigenvalue weighted by molar-refractivity contribution is -0.145. The van der Waals surface area contributed by atoms with Crippen molar-refractivity contribution in [2.45, 2.75) is 57.7 Å². The Labute approximate surface area is 136 Å². The molecule has 2 aliphatic rings. The highest BCUT2D eigenvalue weighted by Gasteiger charge is 2.30. The van der Waals surface area contributed by atoms with E-state index in [4.69, 9.17) is 14.0 Å². The molecule has 3 heterocycles. The summed E-state index contributed by atoms with van der Waals surface area (Å²) in [4.78, 5) is 18.7. The Kier molecular flexibility index (Phi) is 5.27. The molecule has 128 valence electrons. The Hall–Kier alpha value is -1.47. The second-order valence-corrected chi connectivity index (χ2v) is 6.41. The minimum atomic E-state index is -0.440. The summed E-state index contributed by atoms with van der Waals surface area (Å²) in [5, 5.41) is 3.99. The predicted molar refractivity (Wildman–Crippen MR) is 82.0 cm³/mol. The number of likely N-dealkylation sites (tertiary alicyclic amines) is 1. The third-order valence-corrected chi connectivity index (χ3v) is 4.55. The molecule has 0 saturated carbocycles. The molecule has 2 fully saturated rings. The van der Waals surface area contributed by atoms with Crippen LogP contribution in [0.3, 0.4) is 0 Å². The van der Waals surface area contributed by atoms with Crippen LogP contribution in [0.25, 0.3) is 0 Å². The highest BCUT2D eigenvalue weighted by Crippen LogP contribution is 2.25. The molecule has 3 atom stereocenters. The second kappa shape index (κ2) is 7.40. The van der Waals surface area contributed by atoms with Crippen molar-refractivity contribution in [1.29, 1.82) is 0 Å². The maximum Gasteiger partial charge on any atom is 0.251 e. The van der Waals surface area contributed by atoms with Crippen molar-refractivity contribution in [3.8, 4) is 0 Å². The number of aryl methyl sites for hydroxylation is 1. The van der Waals surface area contributed by atoms with Crippen molar-refractivity contribution in [2.75, 3.05) is 26.3 Å². The van der Waals surface area contributed by atoms with E-state index in [1.165, 1.54) is 0 Å². The normalized spacial score (nSPS) is 26.4. The number of ether oxygens (including phenoxy) is 2. The molecule has 1 amide bonds. The van der Waals surface area contributed by atoms with Crippen molar-refractivity contribution in [1.82, 2.24) is 15.0 Å². The van der Waals surface area contributed by atoms with Crippen LogP contribution in [-0.2, 0) is 14.3 Å². The van der Waals surface area contributed by atoms with Crippen LogP contribution < -0.4 is 0 Å². The van der Waals surface area contributed by atoms with Gasteiger partial charge in [-0.3, -0.25) is 4.79 Å². The van der Waals surface area contributed by atoms with Crippen LogP contribution in [0, 0.1) is 6.92 Å². The fraction of sp³-hybridized carbons (Fsp3) is 0.812. The molecule has 1 aromatic rings.